The second kappa shape index (κ2) is 5.06. The first-order valence-electron chi connectivity index (χ1n) is 5.65. The van der Waals surface area contributed by atoms with Crippen LogP contribution in [0, 0.1) is 0 Å². The maximum Gasteiger partial charge on any atom is 0.296 e. The van der Waals surface area contributed by atoms with Gasteiger partial charge in [-0.15, -0.1) is 0 Å². The molecule has 1 aromatic rings. The Bertz CT molecular complexity index is 493. The van der Waals surface area contributed by atoms with E-state index in [1.165, 1.54) is 5.56 Å². The van der Waals surface area contributed by atoms with Crippen molar-refractivity contribution < 1.29 is 8.42 Å². The molecule has 0 bridgehead atoms. The highest BCUT2D eigenvalue weighted by Crippen LogP contribution is 2.28. The third-order valence-corrected chi connectivity index (χ3v) is 3.12. The van der Waals surface area contributed by atoms with E-state index in [0.717, 1.165) is 5.56 Å². The van der Waals surface area contributed by atoms with Crippen molar-refractivity contribution in [2.45, 2.75) is 39.5 Å². The van der Waals surface area contributed by atoms with Crippen LogP contribution >= 0.6 is 0 Å². The van der Waals surface area contributed by atoms with E-state index in [1.807, 2.05) is 26.0 Å². The molecule has 5 heteroatoms. The van der Waals surface area contributed by atoms with Crippen molar-refractivity contribution in [3.63, 3.8) is 0 Å². The summed E-state index contributed by atoms with van der Waals surface area (Å²) >= 11 is 0. The largest absolute Gasteiger partial charge is 0.296 e. The summed E-state index contributed by atoms with van der Waals surface area (Å²) in [5.41, 5.74) is 2.71. The first-order valence-corrected chi connectivity index (χ1v) is 7.19. The van der Waals surface area contributed by atoms with Gasteiger partial charge < -0.3 is 0 Å². The van der Waals surface area contributed by atoms with E-state index in [9.17, 15) is 8.42 Å². The van der Waals surface area contributed by atoms with Gasteiger partial charge in [0.05, 0.1) is 5.69 Å². The number of rotatable bonds is 4. The Morgan fingerprint density at radius 1 is 1.12 bits per heavy atom. The van der Waals surface area contributed by atoms with Gasteiger partial charge in [0.25, 0.3) is 10.2 Å². The molecule has 3 N–H and O–H groups in total. The minimum atomic E-state index is -3.72. The average molecular weight is 256 g/mol. The van der Waals surface area contributed by atoms with E-state index in [2.05, 4.69) is 18.6 Å². The third kappa shape index (κ3) is 4.02. The minimum absolute atomic E-state index is 0.234. The van der Waals surface area contributed by atoms with Crippen LogP contribution in [0.4, 0.5) is 5.69 Å². The van der Waals surface area contributed by atoms with Crippen LogP contribution in [0.2, 0.25) is 0 Å². The molecule has 0 saturated heterocycles. The van der Waals surface area contributed by atoms with E-state index < -0.39 is 10.2 Å². The topological polar surface area (TPSA) is 72.2 Å². The Morgan fingerprint density at radius 3 is 2.12 bits per heavy atom. The van der Waals surface area contributed by atoms with Gasteiger partial charge in [0.15, 0.2) is 0 Å². The van der Waals surface area contributed by atoms with Gasteiger partial charge in [0.2, 0.25) is 0 Å². The summed E-state index contributed by atoms with van der Waals surface area (Å²) in [6.07, 6.45) is 0. The second-order valence-corrected chi connectivity index (χ2v) is 6.10. The Kier molecular flexibility index (Phi) is 4.16. The van der Waals surface area contributed by atoms with Crippen LogP contribution < -0.4 is 9.86 Å². The Balaban J connectivity index is 3.22. The lowest BCUT2D eigenvalue weighted by atomic mass is 9.94. The summed E-state index contributed by atoms with van der Waals surface area (Å²) in [6, 6.07) is 5.72. The predicted octanol–water partition coefficient (Wildman–Crippen LogP) is 2.55. The lowest BCUT2D eigenvalue weighted by Crippen LogP contribution is -2.22. The number of benzene rings is 1. The van der Waals surface area contributed by atoms with Crippen LogP contribution in [-0.4, -0.2) is 8.42 Å². The predicted molar refractivity (Wildman–Crippen MR) is 71.3 cm³/mol. The van der Waals surface area contributed by atoms with Crippen molar-refractivity contribution in [1.82, 2.24) is 0 Å². The zero-order valence-electron chi connectivity index (χ0n) is 10.7. The van der Waals surface area contributed by atoms with Crippen LogP contribution in [0.25, 0.3) is 0 Å². The molecular formula is C12H20N2O2S. The standard InChI is InChI=1S/C12H20N2O2S/c1-8(2)10-5-6-12(14-17(13,15)16)11(7-10)9(3)4/h5-9,14H,1-4H3,(H2,13,15,16). The van der Waals surface area contributed by atoms with Crippen molar-refractivity contribution in [1.29, 1.82) is 0 Å². The summed E-state index contributed by atoms with van der Waals surface area (Å²) in [7, 11) is -3.72. The van der Waals surface area contributed by atoms with Crippen molar-refractivity contribution in [3.05, 3.63) is 29.3 Å². The van der Waals surface area contributed by atoms with Crippen LogP contribution in [0.1, 0.15) is 50.7 Å². The molecule has 4 nitrogen and oxygen atoms in total. The molecule has 0 aliphatic heterocycles. The first-order chi connectivity index (χ1) is 7.70. The molecule has 1 rings (SSSR count). The molecule has 0 aliphatic rings. The first kappa shape index (κ1) is 14.0. The van der Waals surface area contributed by atoms with Crippen LogP contribution in [-0.2, 0) is 10.2 Å². The van der Waals surface area contributed by atoms with Crippen LogP contribution in [0.15, 0.2) is 18.2 Å². The van der Waals surface area contributed by atoms with E-state index in [-0.39, 0.29) is 5.92 Å². The Morgan fingerprint density at radius 2 is 1.71 bits per heavy atom. The maximum absolute atomic E-state index is 11.1. The van der Waals surface area contributed by atoms with Crippen LogP contribution in [0.5, 0.6) is 0 Å². The second-order valence-electron chi connectivity index (χ2n) is 4.80. The normalized spacial score (nSPS) is 12.2. The number of anilines is 1. The SMILES string of the molecule is CC(C)c1ccc(NS(N)(=O)=O)c(C(C)C)c1. The molecule has 0 atom stereocenters. The van der Waals surface area contributed by atoms with Crippen molar-refractivity contribution >= 4 is 15.9 Å². The van der Waals surface area contributed by atoms with Crippen molar-refractivity contribution in [2.75, 3.05) is 4.72 Å². The fraction of sp³-hybridized carbons (Fsp3) is 0.500. The Hall–Kier alpha value is -1.07. The van der Waals surface area contributed by atoms with Gasteiger partial charge >= 0.3 is 0 Å². The van der Waals surface area contributed by atoms with Gasteiger partial charge in [-0.25, -0.2) is 5.14 Å². The van der Waals surface area contributed by atoms with Gasteiger partial charge in [-0.05, 0) is 29.0 Å². The van der Waals surface area contributed by atoms with Gasteiger partial charge in [0.1, 0.15) is 0 Å². The highest BCUT2D eigenvalue weighted by atomic mass is 32.2. The van der Waals surface area contributed by atoms with Gasteiger partial charge in [0, 0.05) is 0 Å². The number of nitrogens with one attached hydrogen (secondary N) is 1. The molecule has 0 heterocycles. The molecule has 0 radical (unpaired) electrons. The fourth-order valence-corrected chi connectivity index (χ4v) is 2.16. The minimum Gasteiger partial charge on any atom is -0.271 e. The van der Waals surface area contributed by atoms with Gasteiger partial charge in [-0.2, -0.15) is 8.42 Å². The summed E-state index contributed by atoms with van der Waals surface area (Å²) in [5, 5.41) is 5.00. The quantitative estimate of drug-likeness (QED) is 0.869. The molecule has 17 heavy (non-hydrogen) atoms. The maximum atomic E-state index is 11.1. The summed E-state index contributed by atoms with van der Waals surface area (Å²) in [5.74, 6) is 0.647. The molecule has 0 aromatic heterocycles. The molecular weight excluding hydrogens is 236 g/mol. The molecule has 96 valence electrons. The lowest BCUT2D eigenvalue weighted by molar-refractivity contribution is 0.603. The van der Waals surface area contributed by atoms with Crippen molar-refractivity contribution in [2.24, 2.45) is 5.14 Å². The molecule has 0 unspecified atom stereocenters. The van der Waals surface area contributed by atoms with E-state index >= 15 is 0 Å². The summed E-state index contributed by atoms with van der Waals surface area (Å²) in [4.78, 5) is 0. The molecule has 0 saturated carbocycles. The molecule has 0 fully saturated rings. The molecule has 0 spiro atoms. The Labute approximate surface area is 103 Å². The molecule has 0 amide bonds. The number of hydrogen-bond acceptors (Lipinski definition) is 2. The zero-order valence-corrected chi connectivity index (χ0v) is 11.5. The fourth-order valence-electron chi connectivity index (χ4n) is 1.66. The monoisotopic (exact) mass is 256 g/mol. The lowest BCUT2D eigenvalue weighted by Gasteiger charge is -2.16. The van der Waals surface area contributed by atoms with E-state index in [4.69, 9.17) is 5.14 Å². The average Bonchev–Trinajstić information content (AvgIpc) is 2.14. The highest BCUT2D eigenvalue weighted by Gasteiger charge is 2.12. The van der Waals surface area contributed by atoms with E-state index in [1.54, 1.807) is 6.07 Å². The van der Waals surface area contributed by atoms with Gasteiger partial charge in [-0.3, -0.25) is 4.72 Å². The van der Waals surface area contributed by atoms with E-state index in [0.29, 0.717) is 11.6 Å². The summed E-state index contributed by atoms with van der Waals surface area (Å²) in [6.45, 7) is 8.25. The summed E-state index contributed by atoms with van der Waals surface area (Å²) < 4.78 is 24.5. The van der Waals surface area contributed by atoms with Crippen molar-refractivity contribution in [3.8, 4) is 0 Å². The van der Waals surface area contributed by atoms with Gasteiger partial charge in [-0.1, -0.05) is 39.8 Å². The molecule has 0 aliphatic carbocycles. The number of nitrogens with two attached hydrogens (primary N) is 1. The highest BCUT2D eigenvalue weighted by molar-refractivity contribution is 7.90. The smallest absolute Gasteiger partial charge is 0.271 e. The number of hydrogen-bond donors (Lipinski definition) is 2. The third-order valence-electron chi connectivity index (χ3n) is 2.62. The molecule has 1 aromatic carbocycles. The zero-order chi connectivity index (χ0) is 13.2. The van der Waals surface area contributed by atoms with Crippen LogP contribution in [0.3, 0.4) is 0 Å².